The van der Waals surface area contributed by atoms with Crippen LogP contribution in [0.4, 0.5) is 5.69 Å². The summed E-state index contributed by atoms with van der Waals surface area (Å²) in [7, 11) is 1.73. The summed E-state index contributed by atoms with van der Waals surface area (Å²) in [5.41, 5.74) is 7.22. The number of hydrogen-bond donors (Lipinski definition) is 1. The van der Waals surface area contributed by atoms with Crippen LogP contribution < -0.4 is 10.6 Å². The van der Waals surface area contributed by atoms with Crippen molar-refractivity contribution in [3.63, 3.8) is 0 Å². The van der Waals surface area contributed by atoms with E-state index in [0.717, 1.165) is 10.2 Å². The molecule has 0 unspecified atom stereocenters. The summed E-state index contributed by atoms with van der Waals surface area (Å²) in [5, 5.41) is 0. The number of thiazole rings is 1. The molecule has 12 heavy (non-hydrogen) atoms. The lowest BCUT2D eigenvalue weighted by Crippen LogP contribution is -2.07. The number of nitrogens with two attached hydrogens (primary N) is 1. The normalized spacial score (nSPS) is 10.8. The van der Waals surface area contributed by atoms with Gasteiger partial charge in [0.2, 0.25) is 0 Å². The predicted octanol–water partition coefficient (Wildman–Crippen LogP) is 1.18. The zero-order chi connectivity index (χ0) is 8.72. The van der Waals surface area contributed by atoms with Crippen LogP contribution in [0.15, 0.2) is 23.0 Å². The lowest BCUT2D eigenvalue weighted by molar-refractivity contribution is 0.940. The molecule has 0 atom stereocenters. The van der Waals surface area contributed by atoms with E-state index in [-0.39, 0.29) is 4.87 Å². The highest BCUT2D eigenvalue weighted by molar-refractivity contribution is 7.16. The summed E-state index contributed by atoms with van der Waals surface area (Å²) < 4.78 is 2.53. The third-order valence-electron chi connectivity index (χ3n) is 1.84. The van der Waals surface area contributed by atoms with Crippen molar-refractivity contribution in [1.82, 2.24) is 4.57 Å². The van der Waals surface area contributed by atoms with E-state index in [1.54, 1.807) is 17.7 Å². The summed E-state index contributed by atoms with van der Waals surface area (Å²) in [6.07, 6.45) is 0. The first kappa shape index (κ1) is 7.36. The Kier molecular flexibility index (Phi) is 1.44. The van der Waals surface area contributed by atoms with Gasteiger partial charge in [0.1, 0.15) is 0 Å². The van der Waals surface area contributed by atoms with Gasteiger partial charge >= 0.3 is 4.87 Å². The van der Waals surface area contributed by atoms with Crippen molar-refractivity contribution in [2.45, 2.75) is 0 Å². The first-order valence-corrected chi connectivity index (χ1v) is 4.36. The SMILES string of the molecule is Cn1c(=O)sc2cccc(N)c21. The molecular weight excluding hydrogens is 172 g/mol. The van der Waals surface area contributed by atoms with Crippen molar-refractivity contribution in [2.24, 2.45) is 7.05 Å². The van der Waals surface area contributed by atoms with E-state index >= 15 is 0 Å². The molecule has 2 aromatic rings. The van der Waals surface area contributed by atoms with E-state index in [1.165, 1.54) is 11.3 Å². The lowest BCUT2D eigenvalue weighted by atomic mass is 10.3. The minimum atomic E-state index is 0.0305. The predicted molar refractivity (Wildman–Crippen MR) is 51.5 cm³/mol. The monoisotopic (exact) mass is 180 g/mol. The number of fused-ring (bicyclic) bond motifs is 1. The van der Waals surface area contributed by atoms with Gasteiger partial charge in [-0.2, -0.15) is 0 Å². The van der Waals surface area contributed by atoms with Crippen LogP contribution in [0, 0.1) is 0 Å². The van der Waals surface area contributed by atoms with Crippen molar-refractivity contribution in [1.29, 1.82) is 0 Å². The third-order valence-corrected chi connectivity index (χ3v) is 2.83. The minimum absolute atomic E-state index is 0.0305. The number of nitrogen functional groups attached to an aromatic ring is 1. The third kappa shape index (κ3) is 0.848. The molecule has 0 aliphatic heterocycles. The second-order valence-corrected chi connectivity index (χ2v) is 3.61. The second kappa shape index (κ2) is 2.35. The van der Waals surface area contributed by atoms with Gasteiger partial charge in [0.05, 0.1) is 15.9 Å². The molecule has 0 radical (unpaired) electrons. The Morgan fingerprint density at radius 3 is 2.92 bits per heavy atom. The molecule has 0 saturated carbocycles. The van der Waals surface area contributed by atoms with Crippen LogP contribution in [-0.2, 0) is 7.05 Å². The Labute approximate surface area is 73.0 Å². The Morgan fingerprint density at radius 1 is 1.50 bits per heavy atom. The Morgan fingerprint density at radius 2 is 2.25 bits per heavy atom. The molecule has 1 aromatic heterocycles. The molecule has 2 rings (SSSR count). The van der Waals surface area contributed by atoms with E-state index in [9.17, 15) is 4.79 Å². The molecule has 4 heteroatoms. The molecule has 0 saturated heterocycles. The maximum absolute atomic E-state index is 11.2. The highest BCUT2D eigenvalue weighted by Gasteiger charge is 2.05. The highest BCUT2D eigenvalue weighted by atomic mass is 32.1. The Bertz CT molecular complexity index is 483. The maximum Gasteiger partial charge on any atom is 0.307 e. The molecule has 0 spiro atoms. The van der Waals surface area contributed by atoms with Gasteiger partial charge in [-0.05, 0) is 12.1 Å². The number of para-hydroxylation sites is 1. The van der Waals surface area contributed by atoms with Gasteiger partial charge in [-0.3, -0.25) is 9.36 Å². The van der Waals surface area contributed by atoms with Crippen molar-refractivity contribution < 1.29 is 0 Å². The Balaban J connectivity index is 3.07. The molecule has 62 valence electrons. The van der Waals surface area contributed by atoms with Crippen LogP contribution in [0.2, 0.25) is 0 Å². The highest BCUT2D eigenvalue weighted by Crippen LogP contribution is 2.21. The van der Waals surface area contributed by atoms with Gasteiger partial charge in [0.15, 0.2) is 0 Å². The number of benzene rings is 1. The number of aryl methyl sites for hydroxylation is 1. The van der Waals surface area contributed by atoms with Crippen LogP contribution in [0.5, 0.6) is 0 Å². The van der Waals surface area contributed by atoms with Crippen molar-refractivity contribution in [3.8, 4) is 0 Å². The van der Waals surface area contributed by atoms with Crippen LogP contribution in [0.1, 0.15) is 0 Å². The number of aromatic nitrogens is 1. The summed E-state index contributed by atoms with van der Waals surface area (Å²) in [5.74, 6) is 0. The first-order chi connectivity index (χ1) is 5.70. The molecule has 3 nitrogen and oxygen atoms in total. The molecule has 0 amide bonds. The molecule has 2 N–H and O–H groups in total. The van der Waals surface area contributed by atoms with E-state index in [1.807, 2.05) is 12.1 Å². The summed E-state index contributed by atoms with van der Waals surface area (Å²) in [6.45, 7) is 0. The number of rotatable bonds is 0. The zero-order valence-electron chi connectivity index (χ0n) is 6.57. The van der Waals surface area contributed by atoms with E-state index < -0.39 is 0 Å². The molecule has 0 aliphatic carbocycles. The zero-order valence-corrected chi connectivity index (χ0v) is 7.39. The topological polar surface area (TPSA) is 48.0 Å². The van der Waals surface area contributed by atoms with E-state index in [0.29, 0.717) is 5.69 Å². The van der Waals surface area contributed by atoms with Gasteiger partial charge in [-0.15, -0.1) is 0 Å². The number of hydrogen-bond acceptors (Lipinski definition) is 3. The molecule has 0 bridgehead atoms. The fraction of sp³-hybridized carbons (Fsp3) is 0.125. The van der Waals surface area contributed by atoms with E-state index in [2.05, 4.69) is 0 Å². The second-order valence-electron chi connectivity index (χ2n) is 2.62. The summed E-state index contributed by atoms with van der Waals surface area (Å²) in [6, 6.07) is 5.56. The average Bonchev–Trinajstić information content (AvgIpc) is 2.29. The quantitative estimate of drug-likeness (QED) is 0.619. The van der Waals surface area contributed by atoms with Crippen molar-refractivity contribution >= 4 is 27.2 Å². The standard InChI is InChI=1S/C8H8N2OS/c1-10-7-5(9)3-2-4-6(7)12-8(10)11/h2-4H,9H2,1H3. The van der Waals surface area contributed by atoms with Gasteiger partial charge in [-0.25, -0.2) is 0 Å². The maximum atomic E-state index is 11.2. The minimum Gasteiger partial charge on any atom is -0.397 e. The van der Waals surface area contributed by atoms with Crippen molar-refractivity contribution in [3.05, 3.63) is 27.9 Å². The molecular formula is C8H8N2OS. The number of anilines is 1. The van der Waals surface area contributed by atoms with Gasteiger partial charge in [-0.1, -0.05) is 17.4 Å². The molecule has 1 heterocycles. The van der Waals surface area contributed by atoms with Crippen LogP contribution in [-0.4, -0.2) is 4.57 Å². The molecule has 1 aromatic carbocycles. The van der Waals surface area contributed by atoms with Crippen LogP contribution in [0.25, 0.3) is 10.2 Å². The summed E-state index contributed by atoms with van der Waals surface area (Å²) >= 11 is 1.22. The first-order valence-electron chi connectivity index (χ1n) is 3.54. The molecule has 0 fully saturated rings. The fourth-order valence-corrected chi connectivity index (χ4v) is 2.15. The Hall–Kier alpha value is -1.29. The van der Waals surface area contributed by atoms with Gasteiger partial charge < -0.3 is 5.73 Å². The smallest absolute Gasteiger partial charge is 0.307 e. The average molecular weight is 180 g/mol. The largest absolute Gasteiger partial charge is 0.397 e. The summed E-state index contributed by atoms with van der Waals surface area (Å²) in [4.78, 5) is 11.2. The van der Waals surface area contributed by atoms with E-state index in [4.69, 9.17) is 5.73 Å². The van der Waals surface area contributed by atoms with Crippen molar-refractivity contribution in [2.75, 3.05) is 5.73 Å². The fourth-order valence-electron chi connectivity index (χ4n) is 1.23. The van der Waals surface area contributed by atoms with Crippen LogP contribution in [0.3, 0.4) is 0 Å². The number of nitrogens with zero attached hydrogens (tertiary/aromatic N) is 1. The van der Waals surface area contributed by atoms with Gasteiger partial charge in [0, 0.05) is 7.05 Å². The molecule has 0 aliphatic rings. The van der Waals surface area contributed by atoms with Crippen LogP contribution >= 0.6 is 11.3 Å². The van der Waals surface area contributed by atoms with Gasteiger partial charge in [0.25, 0.3) is 0 Å². The lowest BCUT2D eigenvalue weighted by Gasteiger charge is -1.97.